The monoisotopic (exact) mass is 442 g/mol. The van der Waals surface area contributed by atoms with Crippen molar-refractivity contribution >= 4 is 38.5 Å². The van der Waals surface area contributed by atoms with Crippen LogP contribution in [0.25, 0.3) is 0 Å². The SMILES string of the molecule is OC(Cc1ccc2c(c1)CCC2)c1cc(I)ccc1Br. The van der Waals surface area contributed by atoms with E-state index in [0.717, 1.165) is 13.6 Å². The van der Waals surface area contributed by atoms with Gasteiger partial charge in [-0.1, -0.05) is 34.1 Å². The zero-order valence-corrected chi connectivity index (χ0v) is 14.8. The first-order valence-electron chi connectivity index (χ1n) is 6.87. The third-order valence-corrected chi connectivity index (χ3v) is 5.30. The summed E-state index contributed by atoms with van der Waals surface area (Å²) < 4.78 is 2.13. The van der Waals surface area contributed by atoms with Crippen LogP contribution in [0.1, 0.15) is 34.8 Å². The van der Waals surface area contributed by atoms with Crippen molar-refractivity contribution < 1.29 is 5.11 Å². The molecular formula is C17H16BrIO. The van der Waals surface area contributed by atoms with Gasteiger partial charge in [-0.25, -0.2) is 0 Å². The van der Waals surface area contributed by atoms with Crippen LogP contribution in [0.4, 0.5) is 0 Å². The number of halogens is 2. The molecule has 1 atom stereocenters. The molecule has 0 fully saturated rings. The van der Waals surface area contributed by atoms with Crippen LogP contribution in [0.3, 0.4) is 0 Å². The minimum atomic E-state index is -0.460. The topological polar surface area (TPSA) is 20.2 Å². The summed E-state index contributed by atoms with van der Waals surface area (Å²) in [4.78, 5) is 0. The Bertz CT molecular complexity index is 639. The molecule has 0 saturated carbocycles. The van der Waals surface area contributed by atoms with E-state index >= 15 is 0 Å². The predicted octanol–water partition coefficient (Wildman–Crippen LogP) is 4.82. The number of hydrogen-bond donors (Lipinski definition) is 1. The van der Waals surface area contributed by atoms with Crippen LogP contribution in [0, 0.1) is 3.57 Å². The van der Waals surface area contributed by atoms with Crippen molar-refractivity contribution in [2.75, 3.05) is 0 Å². The Morgan fingerprint density at radius 2 is 1.90 bits per heavy atom. The minimum absolute atomic E-state index is 0.460. The molecule has 1 aliphatic rings. The lowest BCUT2D eigenvalue weighted by molar-refractivity contribution is 0.177. The molecule has 3 rings (SSSR count). The largest absolute Gasteiger partial charge is 0.388 e. The summed E-state index contributed by atoms with van der Waals surface area (Å²) in [5.41, 5.74) is 5.15. The molecule has 104 valence electrons. The second kappa shape index (κ2) is 6.16. The molecule has 1 unspecified atom stereocenters. The molecule has 1 nitrogen and oxygen atoms in total. The normalized spacial score (nSPS) is 15.2. The zero-order chi connectivity index (χ0) is 14.1. The van der Waals surface area contributed by atoms with E-state index in [1.165, 1.54) is 36.0 Å². The number of aliphatic hydroxyl groups is 1. The maximum Gasteiger partial charge on any atom is 0.0841 e. The molecule has 0 aromatic heterocycles. The quantitative estimate of drug-likeness (QED) is 0.675. The second-order valence-corrected chi connectivity index (χ2v) is 7.44. The van der Waals surface area contributed by atoms with Crippen LogP contribution in [0.2, 0.25) is 0 Å². The molecular weight excluding hydrogens is 427 g/mol. The predicted molar refractivity (Wildman–Crippen MR) is 94.0 cm³/mol. The first-order valence-corrected chi connectivity index (χ1v) is 8.74. The van der Waals surface area contributed by atoms with Gasteiger partial charge in [0.25, 0.3) is 0 Å². The highest BCUT2D eigenvalue weighted by molar-refractivity contribution is 14.1. The van der Waals surface area contributed by atoms with E-state index in [4.69, 9.17) is 0 Å². The van der Waals surface area contributed by atoms with E-state index in [9.17, 15) is 5.11 Å². The molecule has 20 heavy (non-hydrogen) atoms. The van der Waals surface area contributed by atoms with E-state index in [1.807, 2.05) is 18.2 Å². The Morgan fingerprint density at radius 3 is 2.75 bits per heavy atom. The van der Waals surface area contributed by atoms with Gasteiger partial charge in [-0.2, -0.15) is 0 Å². The third-order valence-electron chi connectivity index (χ3n) is 3.91. The summed E-state index contributed by atoms with van der Waals surface area (Å²) in [5.74, 6) is 0. The van der Waals surface area contributed by atoms with Crippen molar-refractivity contribution in [2.45, 2.75) is 31.8 Å². The molecule has 0 bridgehead atoms. The van der Waals surface area contributed by atoms with Gasteiger partial charge in [-0.05, 0) is 82.3 Å². The number of rotatable bonds is 3. The lowest BCUT2D eigenvalue weighted by atomic mass is 9.98. The van der Waals surface area contributed by atoms with Gasteiger partial charge in [0.2, 0.25) is 0 Å². The summed E-state index contributed by atoms with van der Waals surface area (Å²) in [6.45, 7) is 0. The number of aryl methyl sites for hydroxylation is 2. The number of benzene rings is 2. The van der Waals surface area contributed by atoms with Gasteiger partial charge in [-0.15, -0.1) is 0 Å². The Morgan fingerprint density at radius 1 is 1.10 bits per heavy atom. The second-order valence-electron chi connectivity index (χ2n) is 5.34. The standard InChI is InChI=1S/C17H16BrIO/c18-16-7-6-14(19)10-15(16)17(20)9-11-4-5-12-2-1-3-13(12)8-11/h4-8,10,17,20H,1-3,9H2. The minimum Gasteiger partial charge on any atom is -0.388 e. The van der Waals surface area contributed by atoms with E-state index < -0.39 is 6.10 Å². The molecule has 0 spiro atoms. The molecule has 1 aliphatic carbocycles. The van der Waals surface area contributed by atoms with Crippen molar-refractivity contribution in [3.8, 4) is 0 Å². The highest BCUT2D eigenvalue weighted by Crippen LogP contribution is 2.29. The summed E-state index contributed by atoms with van der Waals surface area (Å²) in [7, 11) is 0. The van der Waals surface area contributed by atoms with Gasteiger partial charge < -0.3 is 5.11 Å². The Balaban J connectivity index is 1.82. The van der Waals surface area contributed by atoms with Crippen molar-refractivity contribution in [1.29, 1.82) is 0 Å². The average molecular weight is 443 g/mol. The van der Waals surface area contributed by atoms with E-state index in [2.05, 4.69) is 56.7 Å². The number of aliphatic hydroxyl groups excluding tert-OH is 1. The molecule has 1 N–H and O–H groups in total. The average Bonchev–Trinajstić information content (AvgIpc) is 2.89. The number of fused-ring (bicyclic) bond motifs is 1. The molecule has 2 aromatic carbocycles. The lowest BCUT2D eigenvalue weighted by Gasteiger charge is -2.14. The highest BCUT2D eigenvalue weighted by atomic mass is 127. The summed E-state index contributed by atoms with van der Waals surface area (Å²) >= 11 is 5.81. The first kappa shape index (κ1) is 14.5. The van der Waals surface area contributed by atoms with Gasteiger partial charge in [0, 0.05) is 14.5 Å². The van der Waals surface area contributed by atoms with Gasteiger partial charge in [0.1, 0.15) is 0 Å². The van der Waals surface area contributed by atoms with Crippen LogP contribution in [0.5, 0.6) is 0 Å². The van der Waals surface area contributed by atoms with E-state index in [0.29, 0.717) is 6.42 Å². The smallest absolute Gasteiger partial charge is 0.0841 e. The number of hydrogen-bond acceptors (Lipinski definition) is 1. The first-order chi connectivity index (χ1) is 9.63. The lowest BCUT2D eigenvalue weighted by Crippen LogP contribution is -2.03. The molecule has 0 saturated heterocycles. The van der Waals surface area contributed by atoms with Gasteiger partial charge in [-0.3, -0.25) is 0 Å². The molecule has 0 aliphatic heterocycles. The van der Waals surface area contributed by atoms with Gasteiger partial charge in [0.15, 0.2) is 0 Å². The summed E-state index contributed by atoms with van der Waals surface area (Å²) in [5, 5.41) is 10.5. The summed E-state index contributed by atoms with van der Waals surface area (Å²) in [6, 6.07) is 12.7. The molecule has 0 radical (unpaired) electrons. The van der Waals surface area contributed by atoms with Crippen molar-refractivity contribution in [1.82, 2.24) is 0 Å². The fourth-order valence-corrected chi connectivity index (χ4v) is 3.88. The molecule has 3 heteroatoms. The van der Waals surface area contributed by atoms with Gasteiger partial charge >= 0.3 is 0 Å². The third kappa shape index (κ3) is 3.10. The molecule has 0 heterocycles. The maximum atomic E-state index is 10.5. The zero-order valence-electron chi connectivity index (χ0n) is 11.1. The summed E-state index contributed by atoms with van der Waals surface area (Å²) in [6.07, 6.45) is 3.88. The van der Waals surface area contributed by atoms with Crippen LogP contribution in [-0.2, 0) is 19.3 Å². The van der Waals surface area contributed by atoms with Gasteiger partial charge in [0.05, 0.1) is 6.10 Å². The Hall–Kier alpha value is -0.390. The fourth-order valence-electron chi connectivity index (χ4n) is 2.86. The van der Waals surface area contributed by atoms with Crippen LogP contribution in [-0.4, -0.2) is 5.11 Å². The van der Waals surface area contributed by atoms with Crippen LogP contribution < -0.4 is 0 Å². The highest BCUT2D eigenvalue weighted by Gasteiger charge is 2.15. The van der Waals surface area contributed by atoms with Crippen molar-refractivity contribution in [2.24, 2.45) is 0 Å². The van der Waals surface area contributed by atoms with Crippen molar-refractivity contribution in [3.63, 3.8) is 0 Å². The Kier molecular flexibility index (Phi) is 4.48. The van der Waals surface area contributed by atoms with E-state index in [1.54, 1.807) is 0 Å². The van der Waals surface area contributed by atoms with Crippen LogP contribution in [0.15, 0.2) is 40.9 Å². The van der Waals surface area contributed by atoms with Crippen LogP contribution >= 0.6 is 38.5 Å². The van der Waals surface area contributed by atoms with Crippen molar-refractivity contribution in [3.05, 3.63) is 66.7 Å². The van der Waals surface area contributed by atoms with E-state index in [-0.39, 0.29) is 0 Å². The fraction of sp³-hybridized carbons (Fsp3) is 0.294. The Labute approximate surface area is 141 Å². The maximum absolute atomic E-state index is 10.5. The molecule has 0 amide bonds. The molecule has 2 aromatic rings.